The van der Waals surface area contributed by atoms with Gasteiger partial charge in [-0.25, -0.2) is 4.98 Å². The van der Waals surface area contributed by atoms with Gasteiger partial charge in [-0.1, -0.05) is 18.2 Å². The highest BCUT2D eigenvalue weighted by Crippen LogP contribution is 2.32. The molecule has 2 aromatic rings. The summed E-state index contributed by atoms with van der Waals surface area (Å²) in [5, 5.41) is 10.1. The summed E-state index contributed by atoms with van der Waals surface area (Å²) in [5.41, 5.74) is 2.77. The van der Waals surface area contributed by atoms with Crippen molar-refractivity contribution in [1.82, 2.24) is 10.3 Å². The Labute approximate surface area is 111 Å². The lowest BCUT2D eigenvalue weighted by atomic mass is 9.98. The standard InChI is InChI=1S/C14H17N3S/c1-2-4-13-12(3-1)11(9-17-13)5-6-15-10-14-16-7-8-18-14/h1-4,7-8,11,15,17H,5-6,9-10H2. The number of rotatable bonds is 5. The second-order valence-electron chi connectivity index (χ2n) is 4.56. The first-order valence-electron chi connectivity index (χ1n) is 6.35. The van der Waals surface area contributed by atoms with E-state index in [0.29, 0.717) is 5.92 Å². The van der Waals surface area contributed by atoms with Crippen molar-refractivity contribution in [2.45, 2.75) is 18.9 Å². The Bertz CT molecular complexity index is 496. The van der Waals surface area contributed by atoms with Gasteiger partial charge >= 0.3 is 0 Å². The minimum absolute atomic E-state index is 0.644. The predicted octanol–water partition coefficient (Wildman–Crippen LogP) is 2.83. The zero-order valence-electron chi connectivity index (χ0n) is 10.2. The number of hydrogen-bond donors (Lipinski definition) is 2. The van der Waals surface area contributed by atoms with E-state index in [1.54, 1.807) is 11.3 Å². The third-order valence-corrected chi connectivity index (χ3v) is 4.15. The van der Waals surface area contributed by atoms with Crippen LogP contribution in [0.2, 0.25) is 0 Å². The number of benzene rings is 1. The summed E-state index contributed by atoms with van der Waals surface area (Å²) >= 11 is 1.71. The number of nitrogens with zero attached hydrogens (tertiary/aromatic N) is 1. The van der Waals surface area contributed by atoms with Crippen LogP contribution in [0, 0.1) is 0 Å². The van der Waals surface area contributed by atoms with E-state index in [0.717, 1.165) is 19.6 Å². The number of hydrogen-bond acceptors (Lipinski definition) is 4. The van der Waals surface area contributed by atoms with Crippen molar-refractivity contribution in [3.8, 4) is 0 Å². The Balaban J connectivity index is 1.47. The van der Waals surface area contributed by atoms with Gasteiger partial charge in [0.1, 0.15) is 5.01 Å². The lowest BCUT2D eigenvalue weighted by Gasteiger charge is -2.10. The van der Waals surface area contributed by atoms with Gasteiger partial charge in [-0.05, 0) is 24.6 Å². The summed E-state index contributed by atoms with van der Waals surface area (Å²) in [6.45, 7) is 3.00. The normalized spacial score (nSPS) is 17.4. The van der Waals surface area contributed by atoms with E-state index in [-0.39, 0.29) is 0 Å². The van der Waals surface area contributed by atoms with E-state index in [1.165, 1.54) is 22.7 Å². The molecule has 3 rings (SSSR count). The molecule has 1 unspecified atom stereocenters. The molecule has 2 heterocycles. The first kappa shape index (κ1) is 11.7. The average molecular weight is 259 g/mol. The van der Waals surface area contributed by atoms with Crippen LogP contribution in [0.5, 0.6) is 0 Å². The number of aromatic nitrogens is 1. The van der Waals surface area contributed by atoms with E-state index >= 15 is 0 Å². The smallest absolute Gasteiger partial charge is 0.106 e. The number of thiazole rings is 1. The van der Waals surface area contributed by atoms with Crippen molar-refractivity contribution < 1.29 is 0 Å². The molecule has 94 valence electrons. The van der Waals surface area contributed by atoms with Gasteiger partial charge in [-0.3, -0.25) is 0 Å². The molecule has 1 aromatic carbocycles. The molecule has 0 aliphatic carbocycles. The molecule has 1 atom stereocenters. The second-order valence-corrected chi connectivity index (χ2v) is 5.54. The Hall–Kier alpha value is -1.39. The van der Waals surface area contributed by atoms with Gasteiger partial charge < -0.3 is 10.6 Å². The first-order valence-corrected chi connectivity index (χ1v) is 7.23. The van der Waals surface area contributed by atoms with Crippen LogP contribution in [0.15, 0.2) is 35.8 Å². The molecule has 0 spiro atoms. The molecule has 0 amide bonds. The molecule has 0 saturated carbocycles. The van der Waals surface area contributed by atoms with Crippen molar-refractivity contribution in [3.63, 3.8) is 0 Å². The number of fused-ring (bicyclic) bond motifs is 1. The summed E-state index contributed by atoms with van der Waals surface area (Å²) in [6, 6.07) is 8.62. The van der Waals surface area contributed by atoms with Crippen LogP contribution in [-0.2, 0) is 6.54 Å². The van der Waals surface area contributed by atoms with Crippen LogP contribution in [0.3, 0.4) is 0 Å². The first-order chi connectivity index (χ1) is 8.93. The molecule has 0 radical (unpaired) electrons. The van der Waals surface area contributed by atoms with Crippen LogP contribution in [0.4, 0.5) is 5.69 Å². The maximum Gasteiger partial charge on any atom is 0.106 e. The van der Waals surface area contributed by atoms with Crippen molar-refractivity contribution in [2.24, 2.45) is 0 Å². The number of anilines is 1. The fourth-order valence-corrected chi connectivity index (χ4v) is 3.01. The van der Waals surface area contributed by atoms with Gasteiger partial charge in [0, 0.05) is 36.3 Å². The largest absolute Gasteiger partial charge is 0.384 e. The molecule has 0 saturated heterocycles. The number of nitrogens with one attached hydrogen (secondary N) is 2. The molecular weight excluding hydrogens is 242 g/mol. The lowest BCUT2D eigenvalue weighted by molar-refractivity contribution is 0.592. The topological polar surface area (TPSA) is 37.0 Å². The summed E-state index contributed by atoms with van der Waals surface area (Å²) in [4.78, 5) is 4.27. The summed E-state index contributed by atoms with van der Waals surface area (Å²) in [7, 11) is 0. The van der Waals surface area contributed by atoms with Crippen molar-refractivity contribution in [1.29, 1.82) is 0 Å². The van der Waals surface area contributed by atoms with Gasteiger partial charge in [-0.2, -0.15) is 0 Å². The third-order valence-electron chi connectivity index (χ3n) is 3.37. The Kier molecular flexibility index (Phi) is 3.57. The quantitative estimate of drug-likeness (QED) is 0.811. The van der Waals surface area contributed by atoms with Crippen LogP contribution in [0.25, 0.3) is 0 Å². The molecule has 1 aliphatic heterocycles. The second kappa shape index (κ2) is 5.50. The van der Waals surface area contributed by atoms with Crippen molar-refractivity contribution in [3.05, 3.63) is 46.4 Å². The number of para-hydroxylation sites is 1. The van der Waals surface area contributed by atoms with E-state index in [2.05, 4.69) is 39.9 Å². The lowest BCUT2D eigenvalue weighted by Crippen LogP contribution is -2.17. The molecule has 3 nitrogen and oxygen atoms in total. The monoisotopic (exact) mass is 259 g/mol. The summed E-state index contributed by atoms with van der Waals surface area (Å²) < 4.78 is 0. The SMILES string of the molecule is c1ccc2c(c1)NCC2CCNCc1nccs1. The zero-order valence-corrected chi connectivity index (χ0v) is 11.0. The van der Waals surface area contributed by atoms with E-state index in [4.69, 9.17) is 0 Å². The van der Waals surface area contributed by atoms with Gasteiger partial charge in [0.05, 0.1) is 0 Å². The van der Waals surface area contributed by atoms with Crippen LogP contribution < -0.4 is 10.6 Å². The minimum atomic E-state index is 0.644. The molecule has 2 N–H and O–H groups in total. The van der Waals surface area contributed by atoms with E-state index in [9.17, 15) is 0 Å². The predicted molar refractivity (Wildman–Crippen MR) is 76.1 cm³/mol. The highest BCUT2D eigenvalue weighted by molar-refractivity contribution is 7.09. The van der Waals surface area contributed by atoms with Crippen LogP contribution in [-0.4, -0.2) is 18.1 Å². The molecular formula is C14H17N3S. The fraction of sp³-hybridized carbons (Fsp3) is 0.357. The molecule has 0 bridgehead atoms. The Morgan fingerprint density at radius 2 is 2.33 bits per heavy atom. The highest BCUT2D eigenvalue weighted by Gasteiger charge is 2.20. The van der Waals surface area contributed by atoms with Crippen LogP contribution in [0.1, 0.15) is 22.9 Å². The highest BCUT2D eigenvalue weighted by atomic mass is 32.1. The molecule has 1 aliphatic rings. The maximum atomic E-state index is 4.27. The Morgan fingerprint density at radius 3 is 3.22 bits per heavy atom. The van der Waals surface area contributed by atoms with Crippen LogP contribution >= 0.6 is 11.3 Å². The molecule has 18 heavy (non-hydrogen) atoms. The molecule has 1 aromatic heterocycles. The van der Waals surface area contributed by atoms with E-state index < -0.39 is 0 Å². The Morgan fingerprint density at radius 1 is 1.39 bits per heavy atom. The van der Waals surface area contributed by atoms with Gasteiger partial charge in [0.15, 0.2) is 0 Å². The zero-order chi connectivity index (χ0) is 12.2. The summed E-state index contributed by atoms with van der Waals surface area (Å²) in [5.74, 6) is 0.644. The third kappa shape index (κ3) is 2.54. The molecule has 4 heteroatoms. The van der Waals surface area contributed by atoms with Gasteiger partial charge in [0.25, 0.3) is 0 Å². The summed E-state index contributed by atoms with van der Waals surface area (Å²) in [6.07, 6.45) is 3.04. The van der Waals surface area contributed by atoms with Crippen molar-refractivity contribution >= 4 is 17.0 Å². The average Bonchev–Trinajstić information content (AvgIpc) is 3.04. The van der Waals surface area contributed by atoms with Crippen molar-refractivity contribution in [2.75, 3.05) is 18.4 Å². The van der Waals surface area contributed by atoms with Gasteiger partial charge in [-0.15, -0.1) is 11.3 Å². The van der Waals surface area contributed by atoms with E-state index in [1.807, 2.05) is 11.6 Å². The molecule has 0 fully saturated rings. The fourth-order valence-electron chi connectivity index (χ4n) is 2.43. The maximum absolute atomic E-state index is 4.27. The van der Waals surface area contributed by atoms with Gasteiger partial charge in [0.2, 0.25) is 0 Å². The minimum Gasteiger partial charge on any atom is -0.384 e.